The van der Waals surface area contributed by atoms with Gasteiger partial charge in [-0.1, -0.05) is 78.5 Å². The number of thioether (sulfide) groups is 1. The normalized spacial score (nSPS) is 20.8. The third kappa shape index (κ3) is 2.62. The topological polar surface area (TPSA) is 29.1 Å². The number of hydrogen-bond donors (Lipinski definition) is 1. The molecule has 0 bridgehead atoms. The van der Waals surface area contributed by atoms with Gasteiger partial charge < -0.3 is 5.32 Å². The van der Waals surface area contributed by atoms with Gasteiger partial charge >= 0.3 is 0 Å². The van der Waals surface area contributed by atoms with E-state index in [0.29, 0.717) is 6.42 Å². The second kappa shape index (κ2) is 6.43. The van der Waals surface area contributed by atoms with E-state index in [9.17, 15) is 4.79 Å². The molecule has 0 amide bonds. The van der Waals surface area contributed by atoms with Gasteiger partial charge in [-0.2, -0.15) is 0 Å². The zero-order valence-corrected chi connectivity index (χ0v) is 15.6. The van der Waals surface area contributed by atoms with Crippen LogP contribution in [-0.4, -0.2) is 12.3 Å². The third-order valence-electron chi connectivity index (χ3n) is 5.47. The lowest BCUT2D eigenvalue weighted by Gasteiger charge is -2.27. The first-order valence-corrected chi connectivity index (χ1v) is 9.99. The number of para-hydroxylation sites is 1. The Morgan fingerprint density at radius 2 is 1.48 bits per heavy atom. The van der Waals surface area contributed by atoms with Crippen molar-refractivity contribution in [2.75, 3.05) is 11.9 Å². The van der Waals surface area contributed by atoms with Crippen molar-refractivity contribution in [3.05, 3.63) is 101 Å². The maximum Gasteiger partial charge on any atom is 0.171 e. The minimum atomic E-state index is -0.286. The van der Waals surface area contributed by atoms with E-state index < -0.39 is 0 Å². The van der Waals surface area contributed by atoms with Crippen LogP contribution in [0.3, 0.4) is 0 Å². The van der Waals surface area contributed by atoms with E-state index >= 15 is 0 Å². The fourth-order valence-corrected chi connectivity index (χ4v) is 5.43. The largest absolute Gasteiger partial charge is 0.384 e. The number of ketones is 1. The second-order valence-electron chi connectivity index (χ2n) is 7.07. The van der Waals surface area contributed by atoms with Gasteiger partial charge in [0.15, 0.2) is 5.78 Å². The molecule has 1 spiro atoms. The molecule has 0 aromatic heterocycles. The van der Waals surface area contributed by atoms with Crippen molar-refractivity contribution in [2.24, 2.45) is 0 Å². The Labute approximate surface area is 163 Å². The van der Waals surface area contributed by atoms with Crippen LogP contribution in [0.25, 0.3) is 5.57 Å². The highest BCUT2D eigenvalue weighted by Gasteiger charge is 2.50. The van der Waals surface area contributed by atoms with Crippen LogP contribution in [0.1, 0.15) is 17.5 Å². The van der Waals surface area contributed by atoms with Crippen molar-refractivity contribution in [3.63, 3.8) is 0 Å². The monoisotopic (exact) mass is 369 g/mol. The highest BCUT2D eigenvalue weighted by atomic mass is 32.2. The molecule has 2 aliphatic rings. The summed E-state index contributed by atoms with van der Waals surface area (Å²) < 4.78 is 0. The molecule has 0 saturated heterocycles. The highest BCUT2D eigenvalue weighted by Crippen LogP contribution is 2.56. The number of anilines is 1. The first-order valence-electron chi connectivity index (χ1n) is 9.18. The summed E-state index contributed by atoms with van der Waals surface area (Å²) in [5.41, 5.74) is 4.40. The van der Waals surface area contributed by atoms with Crippen LogP contribution in [-0.2, 0) is 10.2 Å². The average Bonchev–Trinajstić information content (AvgIpc) is 3.22. The molecule has 1 atom stereocenters. The minimum Gasteiger partial charge on any atom is -0.384 e. The van der Waals surface area contributed by atoms with Gasteiger partial charge in [0.05, 0.1) is 4.91 Å². The summed E-state index contributed by atoms with van der Waals surface area (Å²) in [6, 6.07) is 29.0. The first-order chi connectivity index (χ1) is 13.3. The fourth-order valence-electron chi connectivity index (χ4n) is 4.30. The van der Waals surface area contributed by atoms with E-state index in [1.54, 1.807) is 11.8 Å². The number of hydrogen-bond acceptors (Lipinski definition) is 3. The zero-order chi connectivity index (χ0) is 18.3. The van der Waals surface area contributed by atoms with E-state index in [4.69, 9.17) is 0 Å². The lowest BCUT2D eigenvalue weighted by Crippen LogP contribution is -2.28. The number of Topliss-reactive ketones (excluding diaryl/α,β-unsaturated/α-hetero) is 1. The standard InChI is InChI=1S/C24H19NOS/c26-21-15-24(16-25-20-14-8-7-13-19(20)24)22(17-9-3-1-4-10-17)23(21)27-18-11-5-2-6-12-18/h1-14,25H,15-16H2/t24-/m1/s1. The Hall–Kier alpha value is -2.78. The molecule has 0 saturated carbocycles. The second-order valence-corrected chi connectivity index (χ2v) is 8.15. The van der Waals surface area contributed by atoms with E-state index in [-0.39, 0.29) is 11.2 Å². The average molecular weight is 369 g/mol. The molecular formula is C24H19NOS. The van der Waals surface area contributed by atoms with Gasteiger partial charge in [0.1, 0.15) is 0 Å². The summed E-state index contributed by atoms with van der Waals surface area (Å²) in [6.45, 7) is 0.765. The van der Waals surface area contributed by atoms with Gasteiger partial charge in [-0.25, -0.2) is 0 Å². The molecular weight excluding hydrogens is 350 g/mol. The number of fused-ring (bicyclic) bond motifs is 2. The lowest BCUT2D eigenvalue weighted by atomic mass is 9.74. The molecule has 0 fully saturated rings. The molecule has 3 aromatic carbocycles. The summed E-state index contributed by atoms with van der Waals surface area (Å²) >= 11 is 1.60. The molecule has 0 unspecified atom stereocenters. The van der Waals surface area contributed by atoms with Crippen LogP contribution in [0.5, 0.6) is 0 Å². The van der Waals surface area contributed by atoms with Crippen molar-refractivity contribution in [1.82, 2.24) is 0 Å². The Morgan fingerprint density at radius 1 is 0.815 bits per heavy atom. The molecule has 27 heavy (non-hydrogen) atoms. The molecule has 5 rings (SSSR count). The summed E-state index contributed by atoms with van der Waals surface area (Å²) in [6.07, 6.45) is 0.524. The minimum absolute atomic E-state index is 0.237. The van der Waals surface area contributed by atoms with Crippen LogP contribution in [0.15, 0.2) is 94.7 Å². The maximum absolute atomic E-state index is 13.2. The van der Waals surface area contributed by atoms with Gasteiger partial charge in [-0.15, -0.1) is 0 Å². The number of carbonyl (C=O) groups is 1. The maximum atomic E-state index is 13.2. The van der Waals surface area contributed by atoms with Crippen molar-refractivity contribution < 1.29 is 4.79 Å². The van der Waals surface area contributed by atoms with Crippen LogP contribution < -0.4 is 5.32 Å². The molecule has 3 aromatic rings. The smallest absolute Gasteiger partial charge is 0.171 e. The molecule has 2 nitrogen and oxygen atoms in total. The predicted molar refractivity (Wildman–Crippen MR) is 112 cm³/mol. The molecule has 0 radical (unpaired) electrons. The van der Waals surface area contributed by atoms with E-state index in [1.807, 2.05) is 30.3 Å². The molecule has 1 aliphatic carbocycles. The number of benzene rings is 3. The predicted octanol–water partition coefficient (Wildman–Crippen LogP) is 5.53. The lowest BCUT2D eigenvalue weighted by molar-refractivity contribution is -0.114. The van der Waals surface area contributed by atoms with Gasteiger partial charge in [0.25, 0.3) is 0 Å². The van der Waals surface area contributed by atoms with Crippen molar-refractivity contribution in [2.45, 2.75) is 16.7 Å². The molecule has 3 heteroatoms. The van der Waals surface area contributed by atoms with E-state index in [0.717, 1.165) is 27.6 Å². The summed E-state index contributed by atoms with van der Waals surface area (Å²) in [5, 5.41) is 3.54. The van der Waals surface area contributed by atoms with Gasteiger partial charge in [-0.05, 0) is 34.9 Å². The Morgan fingerprint density at radius 3 is 2.26 bits per heavy atom. The highest BCUT2D eigenvalue weighted by molar-refractivity contribution is 8.04. The first kappa shape index (κ1) is 16.4. The van der Waals surface area contributed by atoms with Crippen LogP contribution in [0, 0.1) is 0 Å². The van der Waals surface area contributed by atoms with E-state index in [2.05, 4.69) is 59.9 Å². The Kier molecular flexibility index (Phi) is 3.91. The van der Waals surface area contributed by atoms with Gasteiger partial charge in [0, 0.05) is 29.0 Å². The Balaban J connectivity index is 1.73. The summed E-state index contributed by atoms with van der Waals surface area (Å²) in [4.78, 5) is 15.2. The van der Waals surface area contributed by atoms with Gasteiger partial charge in [-0.3, -0.25) is 4.79 Å². The van der Waals surface area contributed by atoms with Crippen LogP contribution >= 0.6 is 11.8 Å². The van der Waals surface area contributed by atoms with Crippen LogP contribution in [0.2, 0.25) is 0 Å². The quantitative estimate of drug-likeness (QED) is 0.658. The molecule has 1 N–H and O–H groups in total. The number of rotatable bonds is 3. The number of allylic oxidation sites excluding steroid dienone is 1. The molecule has 132 valence electrons. The zero-order valence-electron chi connectivity index (χ0n) is 14.8. The molecule has 1 aliphatic heterocycles. The summed E-state index contributed by atoms with van der Waals surface area (Å²) in [5.74, 6) is 0.237. The number of carbonyl (C=O) groups excluding carboxylic acids is 1. The number of nitrogens with one attached hydrogen (secondary N) is 1. The van der Waals surface area contributed by atoms with Crippen molar-refractivity contribution in [3.8, 4) is 0 Å². The van der Waals surface area contributed by atoms with E-state index in [1.165, 1.54) is 11.1 Å². The van der Waals surface area contributed by atoms with Crippen molar-refractivity contribution in [1.29, 1.82) is 0 Å². The fraction of sp³-hybridized carbons (Fsp3) is 0.125. The van der Waals surface area contributed by atoms with Crippen molar-refractivity contribution >= 4 is 28.8 Å². The third-order valence-corrected chi connectivity index (χ3v) is 6.61. The Bertz CT molecular complexity index is 1040. The molecule has 1 heterocycles. The van der Waals surface area contributed by atoms with Crippen LogP contribution in [0.4, 0.5) is 5.69 Å². The summed E-state index contributed by atoms with van der Waals surface area (Å²) in [7, 11) is 0. The van der Waals surface area contributed by atoms with Gasteiger partial charge in [0.2, 0.25) is 0 Å². The SMILES string of the molecule is O=C1C[C@]2(CNc3ccccc32)C(c2ccccc2)=C1Sc1ccccc1.